The highest BCUT2D eigenvalue weighted by molar-refractivity contribution is 7.17. The summed E-state index contributed by atoms with van der Waals surface area (Å²) in [6.45, 7) is 3.05. The summed E-state index contributed by atoms with van der Waals surface area (Å²) >= 11 is 1.69. The number of nitrogens with one attached hydrogen (secondary N) is 1. The lowest BCUT2D eigenvalue weighted by atomic mass is 10.1. The van der Waals surface area contributed by atoms with Crippen molar-refractivity contribution in [2.75, 3.05) is 38.7 Å². The zero-order valence-corrected chi connectivity index (χ0v) is 17.8. The van der Waals surface area contributed by atoms with Crippen molar-refractivity contribution in [3.8, 4) is 0 Å². The third kappa shape index (κ3) is 4.80. The summed E-state index contributed by atoms with van der Waals surface area (Å²) in [6.07, 6.45) is 0.360. The summed E-state index contributed by atoms with van der Waals surface area (Å²) in [5.41, 5.74) is 2.79. The first kappa shape index (κ1) is 20.4. The SMILES string of the molecule is CN(Cc1csc2ccccc12)C(=O)Nc1ccc(CC(=O)N2CCOCC2)cc1. The van der Waals surface area contributed by atoms with E-state index >= 15 is 0 Å². The fourth-order valence-corrected chi connectivity index (χ4v) is 4.46. The zero-order chi connectivity index (χ0) is 20.9. The maximum Gasteiger partial charge on any atom is 0.321 e. The number of nitrogens with zero attached hydrogens (tertiary/aromatic N) is 2. The van der Waals surface area contributed by atoms with Gasteiger partial charge in [-0.1, -0.05) is 30.3 Å². The Balaban J connectivity index is 1.32. The summed E-state index contributed by atoms with van der Waals surface area (Å²) in [4.78, 5) is 28.5. The van der Waals surface area contributed by atoms with Crippen LogP contribution in [0, 0.1) is 0 Å². The topological polar surface area (TPSA) is 61.9 Å². The molecule has 1 fully saturated rings. The molecular weight excluding hydrogens is 398 g/mol. The molecule has 0 aliphatic carbocycles. The number of ether oxygens (including phenoxy) is 1. The number of hydrogen-bond acceptors (Lipinski definition) is 4. The van der Waals surface area contributed by atoms with Crippen molar-refractivity contribution in [1.82, 2.24) is 9.80 Å². The van der Waals surface area contributed by atoms with Crippen molar-refractivity contribution in [3.05, 3.63) is 65.0 Å². The number of morpholine rings is 1. The number of fused-ring (bicyclic) bond motifs is 1. The van der Waals surface area contributed by atoms with Gasteiger partial charge < -0.3 is 19.9 Å². The second-order valence-electron chi connectivity index (χ2n) is 7.41. The van der Waals surface area contributed by atoms with E-state index in [4.69, 9.17) is 4.74 Å². The predicted molar refractivity (Wildman–Crippen MR) is 120 cm³/mol. The van der Waals surface area contributed by atoms with Gasteiger partial charge in [-0.2, -0.15) is 0 Å². The molecule has 1 aromatic heterocycles. The molecule has 156 valence electrons. The lowest BCUT2D eigenvalue weighted by Gasteiger charge is -2.26. The number of hydrogen-bond donors (Lipinski definition) is 1. The highest BCUT2D eigenvalue weighted by Crippen LogP contribution is 2.26. The van der Waals surface area contributed by atoms with E-state index in [1.54, 1.807) is 23.3 Å². The largest absolute Gasteiger partial charge is 0.378 e. The van der Waals surface area contributed by atoms with Crippen LogP contribution in [0.15, 0.2) is 53.9 Å². The molecule has 1 saturated heterocycles. The van der Waals surface area contributed by atoms with E-state index in [2.05, 4.69) is 22.8 Å². The first-order chi connectivity index (χ1) is 14.6. The van der Waals surface area contributed by atoms with Gasteiger partial charge in [0.25, 0.3) is 0 Å². The summed E-state index contributed by atoms with van der Waals surface area (Å²) in [7, 11) is 1.79. The van der Waals surface area contributed by atoms with E-state index in [9.17, 15) is 9.59 Å². The normalized spacial score (nSPS) is 14.0. The molecule has 7 heteroatoms. The van der Waals surface area contributed by atoms with Crippen LogP contribution in [-0.2, 0) is 22.5 Å². The second-order valence-corrected chi connectivity index (χ2v) is 8.32. The van der Waals surface area contributed by atoms with E-state index in [0.717, 1.165) is 11.1 Å². The Bertz CT molecular complexity index is 1030. The third-order valence-electron chi connectivity index (χ3n) is 5.24. The molecule has 0 spiro atoms. The summed E-state index contributed by atoms with van der Waals surface area (Å²) < 4.78 is 6.51. The fourth-order valence-electron chi connectivity index (χ4n) is 3.51. The fraction of sp³-hybridized carbons (Fsp3) is 0.304. The zero-order valence-electron chi connectivity index (χ0n) is 17.0. The van der Waals surface area contributed by atoms with Crippen LogP contribution >= 0.6 is 11.3 Å². The van der Waals surface area contributed by atoms with Gasteiger partial charge in [0, 0.05) is 37.1 Å². The number of carbonyl (C=O) groups excluding carboxylic acids is 2. The molecule has 2 heterocycles. The molecule has 0 bridgehead atoms. The molecule has 3 amide bonds. The van der Waals surface area contributed by atoms with Gasteiger partial charge in [-0.05, 0) is 40.1 Å². The molecule has 0 unspecified atom stereocenters. The van der Waals surface area contributed by atoms with Gasteiger partial charge in [0.1, 0.15) is 0 Å². The van der Waals surface area contributed by atoms with Crippen LogP contribution in [0.5, 0.6) is 0 Å². The monoisotopic (exact) mass is 423 g/mol. The molecule has 4 rings (SSSR count). The number of anilines is 1. The first-order valence-corrected chi connectivity index (χ1v) is 10.9. The average Bonchev–Trinajstić information content (AvgIpc) is 3.18. The van der Waals surface area contributed by atoms with Gasteiger partial charge in [0.15, 0.2) is 0 Å². The molecule has 30 heavy (non-hydrogen) atoms. The van der Waals surface area contributed by atoms with Gasteiger partial charge >= 0.3 is 6.03 Å². The Morgan fingerprint density at radius 2 is 1.83 bits per heavy atom. The smallest absolute Gasteiger partial charge is 0.321 e. The van der Waals surface area contributed by atoms with E-state index in [1.807, 2.05) is 41.3 Å². The van der Waals surface area contributed by atoms with Crippen molar-refractivity contribution in [1.29, 1.82) is 0 Å². The summed E-state index contributed by atoms with van der Waals surface area (Å²) in [5, 5.41) is 6.22. The van der Waals surface area contributed by atoms with Crippen LogP contribution in [0.4, 0.5) is 10.5 Å². The van der Waals surface area contributed by atoms with E-state index in [-0.39, 0.29) is 11.9 Å². The summed E-state index contributed by atoms with van der Waals surface area (Å²) in [5.74, 6) is 0.109. The van der Waals surface area contributed by atoms with Crippen molar-refractivity contribution in [3.63, 3.8) is 0 Å². The van der Waals surface area contributed by atoms with Gasteiger partial charge in [0.05, 0.1) is 19.6 Å². The Morgan fingerprint density at radius 1 is 1.10 bits per heavy atom. The molecule has 2 aromatic carbocycles. The highest BCUT2D eigenvalue weighted by atomic mass is 32.1. The number of carbonyl (C=O) groups is 2. The first-order valence-electron chi connectivity index (χ1n) is 10.0. The quantitative estimate of drug-likeness (QED) is 0.676. The van der Waals surface area contributed by atoms with Crippen LogP contribution < -0.4 is 5.32 Å². The van der Waals surface area contributed by atoms with Crippen LogP contribution in [0.1, 0.15) is 11.1 Å². The van der Waals surface area contributed by atoms with Crippen LogP contribution in [-0.4, -0.2) is 55.1 Å². The second kappa shape index (κ2) is 9.28. The van der Waals surface area contributed by atoms with Crippen LogP contribution in [0.2, 0.25) is 0 Å². The van der Waals surface area contributed by atoms with Gasteiger partial charge in [-0.25, -0.2) is 4.79 Å². The predicted octanol–water partition coefficient (Wildman–Crippen LogP) is 3.97. The van der Waals surface area contributed by atoms with E-state index < -0.39 is 0 Å². The minimum absolute atomic E-state index is 0.109. The Hall–Kier alpha value is -2.90. The van der Waals surface area contributed by atoms with Gasteiger partial charge in [-0.3, -0.25) is 4.79 Å². The number of rotatable bonds is 5. The molecule has 6 nitrogen and oxygen atoms in total. The van der Waals surface area contributed by atoms with Gasteiger partial charge in [0.2, 0.25) is 5.91 Å². The molecule has 0 atom stereocenters. The Morgan fingerprint density at radius 3 is 2.60 bits per heavy atom. The van der Waals surface area contributed by atoms with Crippen molar-refractivity contribution in [2.45, 2.75) is 13.0 Å². The Labute approximate surface area is 180 Å². The third-order valence-corrected chi connectivity index (χ3v) is 6.25. The lowest BCUT2D eigenvalue weighted by molar-refractivity contribution is -0.134. The van der Waals surface area contributed by atoms with Crippen molar-refractivity contribution >= 4 is 39.0 Å². The number of benzene rings is 2. The maximum atomic E-state index is 12.6. The number of thiophene rings is 1. The van der Waals surface area contributed by atoms with Crippen LogP contribution in [0.3, 0.4) is 0 Å². The minimum Gasteiger partial charge on any atom is -0.378 e. The Kier molecular flexibility index (Phi) is 6.30. The summed E-state index contributed by atoms with van der Waals surface area (Å²) in [6, 6.07) is 15.5. The van der Waals surface area contributed by atoms with Crippen molar-refractivity contribution < 1.29 is 14.3 Å². The highest BCUT2D eigenvalue weighted by Gasteiger charge is 2.17. The average molecular weight is 424 g/mol. The molecule has 0 saturated carbocycles. The lowest BCUT2D eigenvalue weighted by Crippen LogP contribution is -2.41. The molecule has 1 aliphatic heterocycles. The van der Waals surface area contributed by atoms with Gasteiger partial charge in [-0.15, -0.1) is 11.3 Å². The number of amides is 3. The minimum atomic E-state index is -0.164. The molecule has 1 N–H and O–H groups in total. The molecular formula is C23H25N3O3S. The maximum absolute atomic E-state index is 12.6. The van der Waals surface area contributed by atoms with Crippen LogP contribution in [0.25, 0.3) is 10.1 Å². The molecule has 1 aliphatic rings. The molecule has 3 aromatic rings. The van der Waals surface area contributed by atoms with E-state index in [0.29, 0.717) is 45.0 Å². The van der Waals surface area contributed by atoms with Crippen molar-refractivity contribution in [2.24, 2.45) is 0 Å². The van der Waals surface area contributed by atoms with E-state index in [1.165, 1.54) is 10.1 Å². The standard InChI is InChI=1S/C23H25N3O3S/c1-25(15-18-16-30-21-5-3-2-4-20(18)21)23(28)24-19-8-6-17(7-9-19)14-22(27)26-10-12-29-13-11-26/h2-9,16H,10-15H2,1H3,(H,24,28). The number of urea groups is 1. The molecule has 0 radical (unpaired) electrons.